The number of rotatable bonds is 0. The van der Waals surface area contributed by atoms with Gasteiger partial charge in [-0.3, -0.25) is 0 Å². The minimum atomic E-state index is 1.06. The summed E-state index contributed by atoms with van der Waals surface area (Å²) in [5.41, 5.74) is 3.89. The van der Waals surface area contributed by atoms with E-state index < -0.39 is 0 Å². The molecule has 0 aliphatic rings. The van der Waals surface area contributed by atoms with Crippen LogP contribution in [0.15, 0.2) is 66.7 Å². The zero-order valence-electron chi connectivity index (χ0n) is 11.4. The van der Waals surface area contributed by atoms with Crippen LogP contribution in [0.25, 0.3) is 32.3 Å². The molecule has 0 atom stereocenters. The first kappa shape index (κ1) is 12.2. The quantitative estimate of drug-likeness (QED) is 0.191. The summed E-state index contributed by atoms with van der Waals surface area (Å²) in [5, 5.41) is 7.50. The maximum atomic E-state index is 3.26. The predicted octanol–water partition coefficient (Wildman–Crippen LogP) is 4.62. The van der Waals surface area contributed by atoms with Crippen LogP contribution in [0.5, 0.6) is 0 Å². The fraction of sp³-hybridized carbons (Fsp3) is 0. The first-order valence-electron chi connectivity index (χ1n) is 6.89. The van der Waals surface area contributed by atoms with Crippen molar-refractivity contribution in [2.75, 3.05) is 0 Å². The second-order valence-electron chi connectivity index (χ2n) is 5.14. The fourth-order valence-corrected chi connectivity index (χ4v) is 3.11. The topological polar surface area (TPSA) is 0 Å². The second kappa shape index (κ2) is 4.77. The van der Waals surface area contributed by atoms with Gasteiger partial charge in [-0.2, -0.15) is 0 Å². The average Bonchev–Trinajstić information content (AvgIpc) is 2.53. The van der Waals surface area contributed by atoms with E-state index in [2.05, 4.69) is 88.4 Å². The zero-order valence-corrected chi connectivity index (χ0v) is 12.4. The summed E-state index contributed by atoms with van der Waals surface area (Å²) >= 11 is 0. The molecule has 4 rings (SSSR count). The Morgan fingerprint density at radius 3 is 2.19 bits per heavy atom. The Balaban J connectivity index is 2.25. The Bertz CT molecular complexity index is 1050. The predicted molar refractivity (Wildman–Crippen MR) is 91.6 cm³/mol. The Hall–Kier alpha value is -2.56. The van der Waals surface area contributed by atoms with E-state index in [1.54, 1.807) is 0 Å². The molecule has 4 aromatic rings. The Morgan fingerprint density at radius 2 is 1.38 bits per heavy atom. The molecule has 0 spiro atoms. The summed E-state index contributed by atoms with van der Waals surface area (Å²) < 4.78 is 0. The van der Waals surface area contributed by atoms with Gasteiger partial charge in [0.05, 0.1) is 0 Å². The first-order chi connectivity index (χ1) is 10.4. The maximum absolute atomic E-state index is 3.26. The molecule has 3 radical (unpaired) electrons. The van der Waals surface area contributed by atoms with Crippen LogP contribution in [0.1, 0.15) is 5.56 Å². The van der Waals surface area contributed by atoms with Crippen LogP contribution >= 0.6 is 0 Å². The molecule has 0 aliphatic carbocycles. The third-order valence-electron chi connectivity index (χ3n) is 3.92. The molecule has 0 unspecified atom stereocenters. The SMILES string of the molecule is [Si]C#Cc1cccc2ccc3cc4ccccc4cc3c12. The molecule has 0 N–H and O–H groups in total. The van der Waals surface area contributed by atoms with E-state index in [4.69, 9.17) is 0 Å². The van der Waals surface area contributed by atoms with E-state index in [0.717, 1.165) is 5.56 Å². The van der Waals surface area contributed by atoms with E-state index in [-0.39, 0.29) is 0 Å². The van der Waals surface area contributed by atoms with E-state index >= 15 is 0 Å². The highest BCUT2D eigenvalue weighted by Crippen LogP contribution is 2.31. The van der Waals surface area contributed by atoms with Crippen LogP contribution in [-0.4, -0.2) is 10.2 Å². The van der Waals surface area contributed by atoms with Gasteiger partial charge in [0.2, 0.25) is 0 Å². The highest BCUT2D eigenvalue weighted by Gasteiger charge is 2.05. The molecule has 0 saturated carbocycles. The van der Waals surface area contributed by atoms with Crippen LogP contribution in [0.3, 0.4) is 0 Å². The number of hydrogen-bond acceptors (Lipinski definition) is 0. The maximum Gasteiger partial charge on any atom is 0.147 e. The van der Waals surface area contributed by atoms with Crippen molar-refractivity contribution < 1.29 is 0 Å². The van der Waals surface area contributed by atoms with Crippen LogP contribution < -0.4 is 0 Å². The second-order valence-corrected chi connectivity index (χ2v) is 5.39. The van der Waals surface area contributed by atoms with Gasteiger partial charge in [-0.05, 0) is 45.1 Å². The molecular weight excluding hydrogens is 268 g/mol. The van der Waals surface area contributed by atoms with Gasteiger partial charge in [0.1, 0.15) is 10.2 Å². The molecule has 0 aromatic heterocycles. The van der Waals surface area contributed by atoms with Gasteiger partial charge in [-0.15, -0.1) is 5.54 Å². The lowest BCUT2D eigenvalue weighted by Crippen LogP contribution is -1.84. The molecule has 0 fully saturated rings. The minimum Gasteiger partial charge on any atom is -0.133 e. The molecule has 21 heavy (non-hydrogen) atoms. The number of benzene rings is 4. The molecule has 95 valence electrons. The molecule has 0 bridgehead atoms. The van der Waals surface area contributed by atoms with E-state index in [0.29, 0.717) is 0 Å². The van der Waals surface area contributed by atoms with Crippen LogP contribution in [-0.2, 0) is 0 Å². The summed E-state index contributed by atoms with van der Waals surface area (Å²) in [5.74, 6) is 3.15. The van der Waals surface area contributed by atoms with Crippen LogP contribution in [0.4, 0.5) is 0 Å². The lowest BCUT2D eigenvalue weighted by atomic mass is 9.95. The molecule has 4 aromatic carbocycles. The Labute approximate surface area is 126 Å². The summed E-state index contributed by atoms with van der Waals surface area (Å²) in [4.78, 5) is 0. The van der Waals surface area contributed by atoms with Gasteiger partial charge in [-0.25, -0.2) is 0 Å². The third kappa shape index (κ3) is 1.93. The largest absolute Gasteiger partial charge is 0.147 e. The smallest absolute Gasteiger partial charge is 0.133 e. The monoisotopic (exact) mass is 279 g/mol. The van der Waals surface area contributed by atoms with E-state index in [9.17, 15) is 0 Å². The normalized spacial score (nSPS) is 10.7. The molecule has 1 heteroatoms. The standard InChI is InChI=1S/C20H11Si/c21-11-10-15-7-3-6-14-8-9-18-12-16-4-1-2-5-17(16)13-19(18)20(14)15/h1-9,12-13H. The lowest BCUT2D eigenvalue weighted by molar-refractivity contribution is 1.73. The van der Waals surface area contributed by atoms with Gasteiger partial charge in [0.15, 0.2) is 0 Å². The first-order valence-corrected chi connectivity index (χ1v) is 7.39. The summed E-state index contributed by atoms with van der Waals surface area (Å²) in [6.45, 7) is 0. The highest BCUT2D eigenvalue weighted by molar-refractivity contribution is 6.23. The van der Waals surface area contributed by atoms with Crippen LogP contribution in [0, 0.1) is 11.5 Å². The fourth-order valence-electron chi connectivity index (χ4n) is 2.97. The molecule has 0 heterocycles. The molecular formula is C20H11Si. The molecule has 0 aliphatic heterocycles. The summed E-state index contributed by atoms with van der Waals surface area (Å²) in [6.07, 6.45) is 0. The van der Waals surface area contributed by atoms with Crippen molar-refractivity contribution in [1.82, 2.24) is 0 Å². The van der Waals surface area contributed by atoms with Crippen molar-refractivity contribution in [3.8, 4) is 11.5 Å². The van der Waals surface area contributed by atoms with Gasteiger partial charge in [0, 0.05) is 10.9 Å². The van der Waals surface area contributed by atoms with Crippen molar-refractivity contribution >= 4 is 42.6 Å². The number of fused-ring (bicyclic) bond motifs is 4. The van der Waals surface area contributed by atoms with Crippen molar-refractivity contribution in [2.45, 2.75) is 0 Å². The third-order valence-corrected chi connectivity index (χ3v) is 4.05. The Kier molecular flexibility index (Phi) is 2.77. The van der Waals surface area contributed by atoms with Gasteiger partial charge < -0.3 is 0 Å². The molecule has 0 amide bonds. The molecule has 0 saturated heterocycles. The van der Waals surface area contributed by atoms with E-state index in [1.807, 2.05) is 0 Å². The van der Waals surface area contributed by atoms with Gasteiger partial charge >= 0.3 is 0 Å². The summed E-state index contributed by atoms with van der Waals surface area (Å²) in [7, 11) is 3.26. The molecule has 0 nitrogen and oxygen atoms in total. The van der Waals surface area contributed by atoms with Crippen molar-refractivity contribution in [3.05, 3.63) is 72.3 Å². The van der Waals surface area contributed by atoms with Crippen LogP contribution in [0.2, 0.25) is 0 Å². The van der Waals surface area contributed by atoms with Crippen molar-refractivity contribution in [2.24, 2.45) is 0 Å². The Morgan fingerprint density at radius 1 is 0.667 bits per heavy atom. The van der Waals surface area contributed by atoms with E-state index in [1.165, 1.54) is 32.3 Å². The average molecular weight is 279 g/mol. The summed E-state index contributed by atoms with van der Waals surface area (Å²) in [6, 6.07) is 23.6. The lowest BCUT2D eigenvalue weighted by Gasteiger charge is -2.08. The van der Waals surface area contributed by atoms with Crippen molar-refractivity contribution in [1.29, 1.82) is 0 Å². The van der Waals surface area contributed by atoms with Crippen molar-refractivity contribution in [3.63, 3.8) is 0 Å². The zero-order chi connectivity index (χ0) is 14.2. The van der Waals surface area contributed by atoms with Gasteiger partial charge in [-0.1, -0.05) is 54.5 Å². The highest BCUT2D eigenvalue weighted by atomic mass is 28.1. The van der Waals surface area contributed by atoms with Gasteiger partial charge in [0.25, 0.3) is 0 Å². The minimum absolute atomic E-state index is 1.06. The number of hydrogen-bond donors (Lipinski definition) is 0.